The van der Waals surface area contributed by atoms with E-state index in [2.05, 4.69) is 11.2 Å². The maximum Gasteiger partial charge on any atom is 0.358 e. The first-order valence-corrected chi connectivity index (χ1v) is 10.5. The molecule has 2 aliphatic rings. The fraction of sp³-hybridized carbons (Fsp3) is 0.353. The van der Waals surface area contributed by atoms with Crippen molar-refractivity contribution in [3.05, 3.63) is 52.5 Å². The average molecular weight is 384 g/mol. The standard InChI is InChI=1S/C17H18ClNO3S2/c1-11-3-6-14(7-4-11)24(20,21)22-19-17-12(2)10-23-16-8-5-13(18)9-15(16)17/h3-4,6-9,12-13H,5,10H2,1-2H3/b19-17+. The third-order valence-corrected chi connectivity index (χ3v) is 6.71. The Labute approximate surface area is 151 Å². The first-order valence-electron chi connectivity index (χ1n) is 7.64. The van der Waals surface area contributed by atoms with Gasteiger partial charge in [0.25, 0.3) is 0 Å². The minimum atomic E-state index is -3.93. The molecule has 24 heavy (non-hydrogen) atoms. The van der Waals surface area contributed by atoms with E-state index < -0.39 is 10.1 Å². The van der Waals surface area contributed by atoms with Crippen LogP contribution in [0.5, 0.6) is 0 Å². The van der Waals surface area contributed by atoms with E-state index in [0.717, 1.165) is 28.2 Å². The van der Waals surface area contributed by atoms with Gasteiger partial charge in [0.05, 0.1) is 11.1 Å². The van der Waals surface area contributed by atoms with Crippen molar-refractivity contribution < 1.29 is 12.7 Å². The van der Waals surface area contributed by atoms with Gasteiger partial charge in [0.2, 0.25) is 0 Å². The number of hydrogen-bond acceptors (Lipinski definition) is 5. The van der Waals surface area contributed by atoms with Gasteiger partial charge in [-0.2, -0.15) is 8.42 Å². The largest absolute Gasteiger partial charge is 0.358 e. The van der Waals surface area contributed by atoms with E-state index in [-0.39, 0.29) is 16.2 Å². The number of halogens is 1. The van der Waals surface area contributed by atoms with Gasteiger partial charge in [-0.3, -0.25) is 4.28 Å². The van der Waals surface area contributed by atoms with Crippen molar-refractivity contribution in [3.8, 4) is 0 Å². The van der Waals surface area contributed by atoms with Crippen molar-refractivity contribution in [1.29, 1.82) is 0 Å². The van der Waals surface area contributed by atoms with Crippen LogP contribution in [-0.2, 0) is 14.4 Å². The molecule has 1 saturated heterocycles. The van der Waals surface area contributed by atoms with Crippen LogP contribution in [0, 0.1) is 12.8 Å². The van der Waals surface area contributed by atoms with E-state index in [4.69, 9.17) is 15.9 Å². The Balaban J connectivity index is 1.89. The van der Waals surface area contributed by atoms with Crippen LogP contribution in [0.3, 0.4) is 0 Å². The number of rotatable bonds is 3. The van der Waals surface area contributed by atoms with Crippen LogP contribution >= 0.6 is 23.4 Å². The van der Waals surface area contributed by atoms with E-state index in [1.165, 1.54) is 12.1 Å². The van der Waals surface area contributed by atoms with Crippen LogP contribution in [0.1, 0.15) is 18.9 Å². The summed E-state index contributed by atoms with van der Waals surface area (Å²) in [6.07, 6.45) is 4.78. The van der Waals surface area contributed by atoms with Crippen molar-refractivity contribution in [3.63, 3.8) is 0 Å². The molecule has 2 atom stereocenters. The molecule has 0 bridgehead atoms. The predicted molar refractivity (Wildman–Crippen MR) is 98.9 cm³/mol. The minimum Gasteiger partial charge on any atom is -0.264 e. The molecule has 0 spiro atoms. The minimum absolute atomic E-state index is 0.0913. The second-order valence-corrected chi connectivity index (χ2v) is 9.08. The summed E-state index contributed by atoms with van der Waals surface area (Å²) in [6.45, 7) is 3.90. The van der Waals surface area contributed by atoms with Gasteiger partial charge < -0.3 is 0 Å². The zero-order valence-corrected chi connectivity index (χ0v) is 15.8. The van der Waals surface area contributed by atoms with Crippen molar-refractivity contribution in [2.75, 3.05) is 5.75 Å². The van der Waals surface area contributed by atoms with Gasteiger partial charge in [-0.15, -0.1) is 23.4 Å². The second kappa shape index (κ2) is 6.94. The number of aryl methyl sites for hydroxylation is 1. The lowest BCUT2D eigenvalue weighted by Crippen LogP contribution is -2.25. The molecular weight excluding hydrogens is 366 g/mol. The highest BCUT2D eigenvalue weighted by Gasteiger charge is 2.29. The Morgan fingerprint density at radius 1 is 1.29 bits per heavy atom. The molecular formula is C17H18ClNO3S2. The average Bonchev–Trinajstić information content (AvgIpc) is 2.54. The van der Waals surface area contributed by atoms with Crippen LogP contribution < -0.4 is 0 Å². The zero-order chi connectivity index (χ0) is 17.3. The molecule has 1 aromatic carbocycles. The predicted octanol–water partition coefficient (Wildman–Crippen LogP) is 4.26. The maximum absolute atomic E-state index is 12.3. The van der Waals surface area contributed by atoms with Crippen molar-refractivity contribution in [1.82, 2.24) is 0 Å². The maximum atomic E-state index is 12.3. The molecule has 7 heteroatoms. The lowest BCUT2D eigenvalue weighted by molar-refractivity contribution is 0.336. The van der Waals surface area contributed by atoms with Crippen molar-refractivity contribution in [2.45, 2.75) is 30.5 Å². The second-order valence-electron chi connectivity index (χ2n) is 5.93. The molecule has 1 heterocycles. The quantitative estimate of drug-likeness (QED) is 0.578. The Morgan fingerprint density at radius 2 is 2.00 bits per heavy atom. The third-order valence-electron chi connectivity index (χ3n) is 3.92. The van der Waals surface area contributed by atoms with E-state index in [1.54, 1.807) is 23.9 Å². The van der Waals surface area contributed by atoms with Crippen LogP contribution in [-0.4, -0.2) is 25.3 Å². The van der Waals surface area contributed by atoms with Crippen LogP contribution in [0.15, 0.2) is 56.9 Å². The van der Waals surface area contributed by atoms with Gasteiger partial charge in [0.15, 0.2) is 0 Å². The summed E-state index contributed by atoms with van der Waals surface area (Å²) in [5.74, 6) is 0.927. The monoisotopic (exact) mass is 383 g/mol. The number of benzene rings is 1. The summed E-state index contributed by atoms with van der Waals surface area (Å²) in [7, 11) is -3.93. The number of alkyl halides is 1. The molecule has 0 amide bonds. The molecule has 2 unspecified atom stereocenters. The Hall–Kier alpha value is -1.24. The summed E-state index contributed by atoms with van der Waals surface area (Å²) in [5.41, 5.74) is 2.51. The highest BCUT2D eigenvalue weighted by atomic mass is 35.5. The molecule has 4 nitrogen and oxygen atoms in total. The van der Waals surface area contributed by atoms with Crippen LogP contribution in [0.2, 0.25) is 0 Å². The highest BCUT2D eigenvalue weighted by molar-refractivity contribution is 8.03. The molecule has 0 N–H and O–H groups in total. The van der Waals surface area contributed by atoms with Gasteiger partial charge in [0, 0.05) is 22.1 Å². The summed E-state index contributed by atoms with van der Waals surface area (Å²) in [4.78, 5) is 1.19. The first-order chi connectivity index (χ1) is 11.4. The lowest BCUT2D eigenvalue weighted by atomic mass is 9.94. The van der Waals surface area contributed by atoms with E-state index in [0.29, 0.717) is 5.71 Å². The molecule has 1 aromatic rings. The van der Waals surface area contributed by atoms with Gasteiger partial charge in [-0.25, -0.2) is 0 Å². The van der Waals surface area contributed by atoms with Gasteiger partial charge in [-0.1, -0.05) is 41.9 Å². The number of fused-ring (bicyclic) bond motifs is 1. The van der Waals surface area contributed by atoms with E-state index >= 15 is 0 Å². The highest BCUT2D eigenvalue weighted by Crippen LogP contribution is 2.39. The first kappa shape index (κ1) is 17.6. The molecule has 128 valence electrons. The number of hydrogen-bond donors (Lipinski definition) is 0. The summed E-state index contributed by atoms with van der Waals surface area (Å²) < 4.78 is 29.6. The molecule has 1 fully saturated rings. The number of thioether (sulfide) groups is 1. The molecule has 3 rings (SSSR count). The molecule has 0 saturated carbocycles. The SMILES string of the molecule is Cc1ccc(S(=O)(=O)O/N=C2/C3=CC(Cl)CC=C3SCC2C)cc1. The molecule has 1 aliphatic carbocycles. The van der Waals surface area contributed by atoms with Crippen LogP contribution in [0.4, 0.5) is 0 Å². The van der Waals surface area contributed by atoms with Gasteiger partial charge >= 0.3 is 10.1 Å². The third kappa shape index (κ3) is 3.71. The van der Waals surface area contributed by atoms with Gasteiger partial charge in [-0.05, 0) is 25.5 Å². The Morgan fingerprint density at radius 3 is 2.71 bits per heavy atom. The Kier molecular flexibility index (Phi) is 5.08. The summed E-state index contributed by atoms with van der Waals surface area (Å²) in [5, 5.41) is 3.90. The molecule has 1 aliphatic heterocycles. The summed E-state index contributed by atoms with van der Waals surface area (Å²) in [6, 6.07) is 6.49. The summed E-state index contributed by atoms with van der Waals surface area (Å²) >= 11 is 7.95. The molecule has 0 radical (unpaired) electrons. The topological polar surface area (TPSA) is 55.7 Å². The van der Waals surface area contributed by atoms with Crippen molar-refractivity contribution in [2.24, 2.45) is 11.1 Å². The fourth-order valence-electron chi connectivity index (χ4n) is 2.54. The normalized spacial score (nSPS) is 25.7. The number of allylic oxidation sites excluding steroid dienone is 3. The zero-order valence-electron chi connectivity index (χ0n) is 13.4. The fourth-order valence-corrected chi connectivity index (χ4v) is 4.62. The van der Waals surface area contributed by atoms with Crippen molar-refractivity contribution >= 4 is 39.2 Å². The smallest absolute Gasteiger partial charge is 0.264 e. The van der Waals surface area contributed by atoms with E-state index in [1.807, 2.05) is 19.9 Å². The van der Waals surface area contributed by atoms with Crippen LogP contribution in [0.25, 0.3) is 0 Å². The number of nitrogens with zero attached hydrogens (tertiary/aromatic N) is 1. The Bertz CT molecular complexity index is 826. The number of oxime groups is 1. The van der Waals surface area contributed by atoms with Gasteiger partial charge in [0.1, 0.15) is 4.90 Å². The lowest BCUT2D eigenvalue weighted by Gasteiger charge is -2.28. The van der Waals surface area contributed by atoms with E-state index in [9.17, 15) is 8.42 Å². The molecule has 0 aromatic heterocycles.